The third-order valence-corrected chi connectivity index (χ3v) is 4.51. The van der Waals surface area contributed by atoms with Crippen molar-refractivity contribution in [2.45, 2.75) is 18.7 Å². The third kappa shape index (κ3) is 3.80. The summed E-state index contributed by atoms with van der Waals surface area (Å²) in [5.74, 6) is 0.806. The minimum atomic E-state index is -0.148. The highest BCUT2D eigenvalue weighted by Crippen LogP contribution is 2.28. The molecule has 110 valence electrons. The van der Waals surface area contributed by atoms with Gasteiger partial charge in [0.1, 0.15) is 0 Å². The van der Waals surface area contributed by atoms with E-state index in [2.05, 4.69) is 28.2 Å². The lowest BCUT2D eigenvalue weighted by atomic mass is 10.1. The number of thioether (sulfide) groups is 1. The highest BCUT2D eigenvalue weighted by Gasteiger charge is 2.14. The summed E-state index contributed by atoms with van der Waals surface area (Å²) >= 11 is 5.08. The molecule has 2 aromatic rings. The van der Waals surface area contributed by atoms with Crippen LogP contribution in [0.4, 0.5) is 11.4 Å². The van der Waals surface area contributed by atoms with Crippen molar-refractivity contribution in [2.75, 3.05) is 16.8 Å². The molecule has 0 aromatic heterocycles. The number of amides is 1. The van der Waals surface area contributed by atoms with E-state index in [0.29, 0.717) is 11.3 Å². The third-order valence-electron chi connectivity index (χ3n) is 3.09. The number of halogens is 1. The number of hydrogen-bond acceptors (Lipinski definition) is 3. The van der Waals surface area contributed by atoms with Crippen LogP contribution in [0.25, 0.3) is 0 Å². The van der Waals surface area contributed by atoms with Crippen LogP contribution in [0.2, 0.25) is 0 Å². The second-order valence-electron chi connectivity index (χ2n) is 4.55. The molecule has 0 heterocycles. The number of nitrogen functional groups attached to an aromatic ring is 1. The molecular weight excluding hydrogens is 348 g/mol. The lowest BCUT2D eigenvalue weighted by Gasteiger charge is -2.13. The number of carbonyl (C=O) groups is 1. The van der Waals surface area contributed by atoms with Crippen LogP contribution < -0.4 is 11.1 Å². The molecule has 0 bridgehead atoms. The minimum absolute atomic E-state index is 0.148. The van der Waals surface area contributed by atoms with E-state index >= 15 is 0 Å². The number of para-hydroxylation sites is 1. The van der Waals surface area contributed by atoms with Gasteiger partial charge in [-0.25, -0.2) is 0 Å². The maximum Gasteiger partial charge on any atom is 0.256 e. The molecule has 3 nitrogen and oxygen atoms in total. The van der Waals surface area contributed by atoms with Crippen LogP contribution in [-0.2, 0) is 0 Å². The summed E-state index contributed by atoms with van der Waals surface area (Å²) in [6.45, 7) is 3.94. The van der Waals surface area contributed by atoms with Crippen molar-refractivity contribution in [3.05, 3.63) is 52.0 Å². The Morgan fingerprint density at radius 2 is 2.05 bits per heavy atom. The smallest absolute Gasteiger partial charge is 0.256 e. The normalized spacial score (nSPS) is 10.4. The largest absolute Gasteiger partial charge is 0.398 e. The van der Waals surface area contributed by atoms with Crippen LogP contribution in [0.1, 0.15) is 22.8 Å². The van der Waals surface area contributed by atoms with Gasteiger partial charge in [-0.1, -0.05) is 35.0 Å². The van der Waals surface area contributed by atoms with Crippen LogP contribution in [0.15, 0.2) is 45.8 Å². The second kappa shape index (κ2) is 7.00. The van der Waals surface area contributed by atoms with Gasteiger partial charge in [0.25, 0.3) is 5.91 Å². The first-order valence-electron chi connectivity index (χ1n) is 6.61. The zero-order valence-electron chi connectivity index (χ0n) is 11.9. The summed E-state index contributed by atoms with van der Waals surface area (Å²) in [5.41, 5.74) is 8.71. The molecule has 0 atom stereocenters. The summed E-state index contributed by atoms with van der Waals surface area (Å²) in [6.07, 6.45) is 0. The molecule has 2 rings (SSSR count). The lowest BCUT2D eigenvalue weighted by molar-refractivity contribution is 0.102. The average Bonchev–Trinajstić information content (AvgIpc) is 2.45. The minimum Gasteiger partial charge on any atom is -0.398 e. The van der Waals surface area contributed by atoms with Crippen molar-refractivity contribution in [2.24, 2.45) is 0 Å². The van der Waals surface area contributed by atoms with E-state index in [4.69, 9.17) is 5.73 Å². The topological polar surface area (TPSA) is 55.1 Å². The molecule has 0 aliphatic rings. The first kappa shape index (κ1) is 15.9. The Balaban J connectivity index is 2.31. The maximum absolute atomic E-state index is 12.5. The molecule has 0 saturated heterocycles. The number of benzene rings is 2. The molecule has 21 heavy (non-hydrogen) atoms. The van der Waals surface area contributed by atoms with Crippen molar-refractivity contribution >= 4 is 45.0 Å². The first-order chi connectivity index (χ1) is 10.0. The predicted octanol–water partition coefficient (Wildman–Crippen LogP) is 4.70. The fourth-order valence-corrected chi connectivity index (χ4v) is 3.21. The Morgan fingerprint density at radius 3 is 2.76 bits per heavy atom. The fraction of sp³-hybridized carbons (Fsp3) is 0.188. The van der Waals surface area contributed by atoms with Crippen molar-refractivity contribution < 1.29 is 4.79 Å². The molecule has 5 heteroatoms. The van der Waals surface area contributed by atoms with E-state index in [0.717, 1.165) is 26.4 Å². The SMILES string of the molecule is CCSc1ccccc1NC(=O)c1cc(Br)cc(N)c1C. The van der Waals surface area contributed by atoms with Crippen molar-refractivity contribution in [3.63, 3.8) is 0 Å². The van der Waals surface area contributed by atoms with Gasteiger partial charge in [-0.2, -0.15) is 0 Å². The Bertz CT molecular complexity index is 673. The van der Waals surface area contributed by atoms with E-state index in [9.17, 15) is 4.79 Å². The molecule has 0 saturated carbocycles. The van der Waals surface area contributed by atoms with Crippen molar-refractivity contribution in [1.29, 1.82) is 0 Å². The van der Waals surface area contributed by atoms with Crippen LogP contribution >= 0.6 is 27.7 Å². The van der Waals surface area contributed by atoms with Gasteiger partial charge in [0.2, 0.25) is 0 Å². The number of rotatable bonds is 4. The van der Waals surface area contributed by atoms with Crippen molar-refractivity contribution in [3.8, 4) is 0 Å². The van der Waals surface area contributed by atoms with E-state index in [1.807, 2.05) is 31.2 Å². The molecule has 3 N–H and O–H groups in total. The molecular formula is C16H17BrN2OS. The van der Waals surface area contributed by atoms with Crippen molar-refractivity contribution in [1.82, 2.24) is 0 Å². The molecule has 0 spiro atoms. The van der Waals surface area contributed by atoms with Gasteiger partial charge in [0, 0.05) is 20.6 Å². The molecule has 0 radical (unpaired) electrons. The van der Waals surface area contributed by atoms with Gasteiger partial charge in [-0.05, 0) is 42.5 Å². The number of nitrogens with one attached hydrogen (secondary N) is 1. The highest BCUT2D eigenvalue weighted by atomic mass is 79.9. The molecule has 0 aliphatic carbocycles. The Labute approximate surface area is 137 Å². The Morgan fingerprint density at radius 1 is 1.33 bits per heavy atom. The summed E-state index contributed by atoms with van der Waals surface area (Å²) in [7, 11) is 0. The summed E-state index contributed by atoms with van der Waals surface area (Å²) in [5, 5.41) is 2.97. The van der Waals surface area contributed by atoms with Gasteiger partial charge >= 0.3 is 0 Å². The van der Waals surface area contributed by atoms with Gasteiger partial charge in [-0.3, -0.25) is 4.79 Å². The van der Waals surface area contributed by atoms with Crippen LogP contribution in [-0.4, -0.2) is 11.7 Å². The molecule has 2 aromatic carbocycles. The Hall–Kier alpha value is -1.46. The van der Waals surface area contributed by atoms with Crippen LogP contribution in [0.5, 0.6) is 0 Å². The molecule has 0 fully saturated rings. The van der Waals surface area contributed by atoms with E-state index in [1.54, 1.807) is 23.9 Å². The monoisotopic (exact) mass is 364 g/mol. The standard InChI is InChI=1S/C16H17BrN2OS/c1-3-21-15-7-5-4-6-14(15)19-16(20)12-8-11(17)9-13(18)10(12)2/h4-9H,3,18H2,1-2H3,(H,19,20). The summed E-state index contributed by atoms with van der Waals surface area (Å²) in [4.78, 5) is 13.6. The summed E-state index contributed by atoms with van der Waals surface area (Å²) in [6, 6.07) is 11.4. The fourth-order valence-electron chi connectivity index (χ4n) is 1.98. The number of anilines is 2. The highest BCUT2D eigenvalue weighted by molar-refractivity contribution is 9.10. The number of hydrogen-bond donors (Lipinski definition) is 2. The van der Waals surface area contributed by atoms with Gasteiger partial charge in [0.15, 0.2) is 0 Å². The zero-order chi connectivity index (χ0) is 15.4. The maximum atomic E-state index is 12.5. The quantitative estimate of drug-likeness (QED) is 0.610. The van der Waals surface area contributed by atoms with Crippen LogP contribution in [0.3, 0.4) is 0 Å². The lowest BCUT2D eigenvalue weighted by Crippen LogP contribution is -2.15. The average molecular weight is 365 g/mol. The first-order valence-corrected chi connectivity index (χ1v) is 8.39. The molecule has 0 unspecified atom stereocenters. The Kier molecular flexibility index (Phi) is 5.31. The molecule has 1 amide bonds. The van der Waals surface area contributed by atoms with Gasteiger partial charge in [-0.15, -0.1) is 11.8 Å². The number of nitrogens with two attached hydrogens (primary N) is 1. The predicted molar refractivity (Wildman–Crippen MR) is 94.1 cm³/mol. The zero-order valence-corrected chi connectivity index (χ0v) is 14.3. The molecule has 0 aliphatic heterocycles. The van der Waals surface area contributed by atoms with Gasteiger partial charge in [0.05, 0.1) is 5.69 Å². The van der Waals surface area contributed by atoms with E-state index in [1.165, 1.54) is 0 Å². The van der Waals surface area contributed by atoms with E-state index < -0.39 is 0 Å². The second-order valence-corrected chi connectivity index (χ2v) is 6.77. The van der Waals surface area contributed by atoms with Crippen LogP contribution in [0, 0.1) is 6.92 Å². The van der Waals surface area contributed by atoms with Gasteiger partial charge < -0.3 is 11.1 Å². The van der Waals surface area contributed by atoms with E-state index in [-0.39, 0.29) is 5.91 Å². The summed E-state index contributed by atoms with van der Waals surface area (Å²) < 4.78 is 0.798. The number of carbonyl (C=O) groups excluding carboxylic acids is 1.